The van der Waals surface area contributed by atoms with E-state index in [1.54, 1.807) is 25.1 Å². The summed E-state index contributed by atoms with van der Waals surface area (Å²) in [6, 6.07) is 5.05. The van der Waals surface area contributed by atoms with Gasteiger partial charge < -0.3 is 15.8 Å². The zero-order chi connectivity index (χ0) is 16.0. The summed E-state index contributed by atoms with van der Waals surface area (Å²) in [6.07, 6.45) is 0.857. The molecule has 21 heavy (non-hydrogen) atoms. The SMILES string of the molecule is CCC(CC)NC(=O)C(C)OC(=O)c1ccc(C)c(N)c1. The highest BCUT2D eigenvalue weighted by atomic mass is 16.5. The monoisotopic (exact) mass is 292 g/mol. The Morgan fingerprint density at radius 1 is 1.29 bits per heavy atom. The van der Waals surface area contributed by atoms with Gasteiger partial charge in [0.05, 0.1) is 5.56 Å². The molecule has 1 atom stereocenters. The summed E-state index contributed by atoms with van der Waals surface area (Å²) in [5.41, 5.74) is 7.53. The van der Waals surface area contributed by atoms with Gasteiger partial charge in [0, 0.05) is 11.7 Å². The summed E-state index contributed by atoms with van der Waals surface area (Å²) in [7, 11) is 0. The fraction of sp³-hybridized carbons (Fsp3) is 0.500. The molecular weight excluding hydrogens is 268 g/mol. The summed E-state index contributed by atoms with van der Waals surface area (Å²) in [5.74, 6) is -0.828. The van der Waals surface area contributed by atoms with Gasteiger partial charge in [-0.15, -0.1) is 0 Å². The maximum absolute atomic E-state index is 12.0. The predicted molar refractivity (Wildman–Crippen MR) is 83.0 cm³/mol. The normalized spacial score (nSPS) is 12.0. The first-order valence-corrected chi connectivity index (χ1v) is 7.26. The number of anilines is 1. The van der Waals surface area contributed by atoms with E-state index >= 15 is 0 Å². The highest BCUT2D eigenvalue weighted by Crippen LogP contribution is 2.14. The van der Waals surface area contributed by atoms with Crippen molar-refractivity contribution in [3.05, 3.63) is 29.3 Å². The molecule has 0 bridgehead atoms. The van der Waals surface area contributed by atoms with Gasteiger partial charge in [0.2, 0.25) is 0 Å². The van der Waals surface area contributed by atoms with E-state index in [1.807, 2.05) is 20.8 Å². The van der Waals surface area contributed by atoms with E-state index in [2.05, 4.69) is 5.32 Å². The van der Waals surface area contributed by atoms with Crippen molar-refractivity contribution in [1.29, 1.82) is 0 Å². The Balaban J connectivity index is 2.64. The number of carbonyl (C=O) groups excluding carboxylic acids is 2. The van der Waals surface area contributed by atoms with Gasteiger partial charge in [-0.05, 0) is 44.4 Å². The summed E-state index contributed by atoms with van der Waals surface area (Å²) in [4.78, 5) is 23.9. The van der Waals surface area contributed by atoms with E-state index in [0.29, 0.717) is 11.3 Å². The summed E-state index contributed by atoms with van der Waals surface area (Å²) in [6.45, 7) is 7.42. The molecular formula is C16H24N2O3. The van der Waals surface area contributed by atoms with E-state index in [-0.39, 0.29) is 11.9 Å². The van der Waals surface area contributed by atoms with Crippen LogP contribution < -0.4 is 11.1 Å². The number of hydrogen-bond donors (Lipinski definition) is 2. The van der Waals surface area contributed by atoms with E-state index in [1.165, 1.54) is 0 Å². The Morgan fingerprint density at radius 3 is 2.43 bits per heavy atom. The van der Waals surface area contributed by atoms with Crippen LogP contribution in [0, 0.1) is 6.92 Å². The molecule has 1 rings (SSSR count). The molecule has 0 aliphatic carbocycles. The first-order chi connectivity index (χ1) is 9.88. The molecule has 0 aromatic heterocycles. The topological polar surface area (TPSA) is 81.4 Å². The fourth-order valence-corrected chi connectivity index (χ4v) is 1.86. The molecule has 5 nitrogen and oxygen atoms in total. The number of hydrogen-bond acceptors (Lipinski definition) is 4. The van der Waals surface area contributed by atoms with Gasteiger partial charge in [0.25, 0.3) is 5.91 Å². The Hall–Kier alpha value is -2.04. The predicted octanol–water partition coefficient (Wildman–Crippen LogP) is 2.43. The molecule has 0 aliphatic rings. The number of benzene rings is 1. The molecule has 1 amide bonds. The second kappa shape index (κ2) is 7.67. The Morgan fingerprint density at radius 2 is 1.90 bits per heavy atom. The third-order valence-corrected chi connectivity index (χ3v) is 3.50. The molecule has 0 saturated carbocycles. The van der Waals surface area contributed by atoms with Crippen LogP contribution in [0.2, 0.25) is 0 Å². The molecule has 0 heterocycles. The molecule has 0 radical (unpaired) electrons. The molecule has 0 aliphatic heterocycles. The van der Waals surface area contributed by atoms with Crippen LogP contribution in [-0.2, 0) is 9.53 Å². The highest BCUT2D eigenvalue weighted by Gasteiger charge is 2.20. The van der Waals surface area contributed by atoms with Crippen molar-refractivity contribution in [2.24, 2.45) is 0 Å². The van der Waals surface area contributed by atoms with Crippen LogP contribution in [0.5, 0.6) is 0 Å². The standard InChI is InChI=1S/C16H24N2O3/c1-5-13(6-2)18-15(19)11(4)21-16(20)12-8-7-10(3)14(17)9-12/h7-9,11,13H,5-6,17H2,1-4H3,(H,18,19). The van der Waals surface area contributed by atoms with E-state index in [0.717, 1.165) is 18.4 Å². The Bertz CT molecular complexity index is 510. The Labute approximate surface area is 125 Å². The fourth-order valence-electron chi connectivity index (χ4n) is 1.86. The lowest BCUT2D eigenvalue weighted by atomic mass is 10.1. The highest BCUT2D eigenvalue weighted by molar-refractivity contribution is 5.93. The van der Waals surface area contributed by atoms with Crippen molar-refractivity contribution in [3.63, 3.8) is 0 Å². The largest absolute Gasteiger partial charge is 0.449 e. The molecule has 0 saturated heterocycles. The lowest BCUT2D eigenvalue weighted by molar-refractivity contribution is -0.129. The summed E-state index contributed by atoms with van der Waals surface area (Å²) < 4.78 is 5.18. The van der Waals surface area contributed by atoms with E-state index < -0.39 is 12.1 Å². The average molecular weight is 292 g/mol. The zero-order valence-corrected chi connectivity index (χ0v) is 13.1. The van der Waals surface area contributed by atoms with Crippen molar-refractivity contribution in [3.8, 4) is 0 Å². The van der Waals surface area contributed by atoms with Crippen LogP contribution in [0.3, 0.4) is 0 Å². The van der Waals surface area contributed by atoms with E-state index in [4.69, 9.17) is 10.5 Å². The van der Waals surface area contributed by atoms with E-state index in [9.17, 15) is 9.59 Å². The second-order valence-corrected chi connectivity index (χ2v) is 5.14. The van der Waals surface area contributed by atoms with Crippen LogP contribution in [0.25, 0.3) is 0 Å². The number of amides is 1. The van der Waals surface area contributed by atoms with Crippen molar-refractivity contribution in [1.82, 2.24) is 5.32 Å². The first kappa shape index (κ1) is 17.0. The maximum Gasteiger partial charge on any atom is 0.338 e. The molecule has 0 spiro atoms. The number of rotatable bonds is 6. The third kappa shape index (κ3) is 4.77. The number of nitrogens with two attached hydrogens (primary N) is 1. The first-order valence-electron chi connectivity index (χ1n) is 7.26. The number of aryl methyl sites for hydroxylation is 1. The van der Waals surface area contributed by atoms with Crippen molar-refractivity contribution in [2.75, 3.05) is 5.73 Å². The van der Waals surface area contributed by atoms with Crippen LogP contribution in [0.4, 0.5) is 5.69 Å². The molecule has 3 N–H and O–H groups in total. The van der Waals surface area contributed by atoms with Crippen LogP contribution in [-0.4, -0.2) is 24.0 Å². The number of nitrogen functional groups attached to an aromatic ring is 1. The molecule has 0 fully saturated rings. The van der Waals surface area contributed by atoms with Gasteiger partial charge in [0.15, 0.2) is 6.10 Å². The minimum absolute atomic E-state index is 0.105. The quantitative estimate of drug-likeness (QED) is 0.623. The maximum atomic E-state index is 12.0. The number of esters is 1. The molecule has 1 aromatic carbocycles. The second-order valence-electron chi connectivity index (χ2n) is 5.14. The van der Waals surface area contributed by atoms with Crippen molar-refractivity contribution < 1.29 is 14.3 Å². The summed E-state index contributed by atoms with van der Waals surface area (Å²) >= 11 is 0. The van der Waals surface area contributed by atoms with Gasteiger partial charge in [-0.25, -0.2) is 4.79 Å². The minimum atomic E-state index is -0.833. The lowest BCUT2D eigenvalue weighted by Gasteiger charge is -2.18. The minimum Gasteiger partial charge on any atom is -0.449 e. The zero-order valence-electron chi connectivity index (χ0n) is 13.1. The van der Waals surface area contributed by atoms with Crippen LogP contribution in [0.1, 0.15) is 49.5 Å². The van der Waals surface area contributed by atoms with Gasteiger partial charge in [-0.1, -0.05) is 19.9 Å². The van der Waals surface area contributed by atoms with Crippen LogP contribution >= 0.6 is 0 Å². The van der Waals surface area contributed by atoms with Crippen molar-refractivity contribution in [2.45, 2.75) is 52.7 Å². The molecule has 5 heteroatoms. The average Bonchev–Trinajstić information content (AvgIpc) is 2.46. The van der Waals surface area contributed by atoms with Gasteiger partial charge >= 0.3 is 5.97 Å². The van der Waals surface area contributed by atoms with Gasteiger partial charge in [0.1, 0.15) is 0 Å². The number of nitrogens with one attached hydrogen (secondary N) is 1. The van der Waals surface area contributed by atoms with Gasteiger partial charge in [-0.3, -0.25) is 4.79 Å². The number of ether oxygens (including phenoxy) is 1. The van der Waals surface area contributed by atoms with Crippen molar-refractivity contribution >= 4 is 17.6 Å². The molecule has 1 unspecified atom stereocenters. The number of carbonyl (C=O) groups is 2. The smallest absolute Gasteiger partial charge is 0.338 e. The molecule has 116 valence electrons. The lowest BCUT2D eigenvalue weighted by Crippen LogP contribution is -2.41. The van der Waals surface area contributed by atoms with Gasteiger partial charge in [-0.2, -0.15) is 0 Å². The summed E-state index contributed by atoms with van der Waals surface area (Å²) in [5, 5.41) is 2.85. The Kier molecular flexibility index (Phi) is 6.21. The third-order valence-electron chi connectivity index (χ3n) is 3.50. The van der Waals surface area contributed by atoms with Crippen LogP contribution in [0.15, 0.2) is 18.2 Å². The molecule has 1 aromatic rings.